The predicted molar refractivity (Wildman–Crippen MR) is 63.2 cm³/mol. The van der Waals surface area contributed by atoms with E-state index in [9.17, 15) is 4.79 Å². The lowest BCUT2D eigenvalue weighted by Crippen LogP contribution is -1.94. The van der Waals surface area contributed by atoms with Crippen LogP contribution in [0.25, 0.3) is 10.8 Å². The molecule has 0 N–H and O–H groups in total. The van der Waals surface area contributed by atoms with Crippen LogP contribution >= 0.6 is 0 Å². The molecule has 3 rings (SSSR count). The molecule has 0 aromatic heterocycles. The third-order valence-electron chi connectivity index (χ3n) is 3.24. The van der Waals surface area contributed by atoms with Crippen LogP contribution in [0.2, 0.25) is 0 Å². The fourth-order valence-corrected chi connectivity index (χ4v) is 2.46. The minimum atomic E-state index is 0.235. The van der Waals surface area contributed by atoms with Crippen LogP contribution in [-0.4, -0.2) is 12.9 Å². The Bertz CT molecular complexity index is 585. The van der Waals surface area contributed by atoms with Gasteiger partial charge >= 0.3 is 0 Å². The molecular weight excluding hydrogens is 200 g/mol. The van der Waals surface area contributed by atoms with Gasteiger partial charge in [-0.1, -0.05) is 24.3 Å². The molecule has 0 unspecified atom stereocenters. The first kappa shape index (κ1) is 9.40. The molecule has 2 aromatic rings. The molecule has 2 heteroatoms. The molecule has 0 atom stereocenters. The highest BCUT2D eigenvalue weighted by molar-refractivity contribution is 6.07. The number of fused-ring (bicyclic) bond motifs is 3. The van der Waals surface area contributed by atoms with Crippen molar-refractivity contribution in [3.05, 3.63) is 41.5 Å². The Labute approximate surface area is 93.8 Å². The monoisotopic (exact) mass is 212 g/mol. The summed E-state index contributed by atoms with van der Waals surface area (Å²) >= 11 is 0. The minimum Gasteiger partial charge on any atom is -0.496 e. The summed E-state index contributed by atoms with van der Waals surface area (Å²) in [6, 6.07) is 9.98. The molecule has 0 spiro atoms. The highest BCUT2D eigenvalue weighted by Crippen LogP contribution is 2.35. The lowest BCUT2D eigenvalue weighted by Gasteiger charge is -2.09. The van der Waals surface area contributed by atoms with Crippen molar-refractivity contribution in [1.29, 1.82) is 0 Å². The minimum absolute atomic E-state index is 0.235. The van der Waals surface area contributed by atoms with E-state index in [1.54, 1.807) is 7.11 Å². The Morgan fingerprint density at radius 1 is 1.12 bits per heavy atom. The fraction of sp³-hybridized carbons (Fsp3) is 0.214. The summed E-state index contributed by atoms with van der Waals surface area (Å²) < 4.78 is 5.35. The smallest absolute Gasteiger partial charge is 0.163 e. The van der Waals surface area contributed by atoms with E-state index in [0.29, 0.717) is 6.42 Å². The number of carbonyl (C=O) groups is 1. The molecule has 0 saturated carbocycles. The SMILES string of the molecule is COc1cc2c(c3ccccc13)CCC2=O. The number of hydrogen-bond donors (Lipinski definition) is 0. The van der Waals surface area contributed by atoms with Crippen molar-refractivity contribution in [2.75, 3.05) is 7.11 Å². The van der Waals surface area contributed by atoms with Gasteiger partial charge in [-0.05, 0) is 23.4 Å². The maximum Gasteiger partial charge on any atom is 0.163 e. The summed E-state index contributed by atoms with van der Waals surface area (Å²) in [5.74, 6) is 1.03. The molecule has 2 aromatic carbocycles. The second kappa shape index (κ2) is 3.34. The Morgan fingerprint density at radius 2 is 1.88 bits per heavy atom. The fourth-order valence-electron chi connectivity index (χ4n) is 2.46. The molecule has 0 amide bonds. The van der Waals surface area contributed by atoms with Crippen LogP contribution in [0.1, 0.15) is 22.3 Å². The van der Waals surface area contributed by atoms with Gasteiger partial charge in [-0.15, -0.1) is 0 Å². The van der Waals surface area contributed by atoms with Gasteiger partial charge in [0.05, 0.1) is 7.11 Å². The summed E-state index contributed by atoms with van der Waals surface area (Å²) in [6.45, 7) is 0. The van der Waals surface area contributed by atoms with Crippen molar-refractivity contribution in [3.8, 4) is 5.75 Å². The number of methoxy groups -OCH3 is 1. The third-order valence-corrected chi connectivity index (χ3v) is 3.24. The van der Waals surface area contributed by atoms with E-state index in [2.05, 4.69) is 6.07 Å². The molecule has 0 heterocycles. The highest BCUT2D eigenvalue weighted by Gasteiger charge is 2.23. The average Bonchev–Trinajstić information content (AvgIpc) is 2.70. The van der Waals surface area contributed by atoms with E-state index in [1.807, 2.05) is 24.3 Å². The van der Waals surface area contributed by atoms with Crippen molar-refractivity contribution >= 4 is 16.6 Å². The second-order valence-corrected chi connectivity index (χ2v) is 4.07. The van der Waals surface area contributed by atoms with Crippen LogP contribution in [0, 0.1) is 0 Å². The van der Waals surface area contributed by atoms with E-state index in [1.165, 1.54) is 5.56 Å². The molecule has 2 nitrogen and oxygen atoms in total. The van der Waals surface area contributed by atoms with E-state index in [-0.39, 0.29) is 5.78 Å². The largest absolute Gasteiger partial charge is 0.496 e. The van der Waals surface area contributed by atoms with Crippen LogP contribution in [0.15, 0.2) is 30.3 Å². The van der Waals surface area contributed by atoms with Gasteiger partial charge in [0.15, 0.2) is 5.78 Å². The number of ketones is 1. The average molecular weight is 212 g/mol. The first-order chi connectivity index (χ1) is 7.81. The molecule has 0 radical (unpaired) electrons. The number of carbonyl (C=O) groups excluding carboxylic acids is 1. The predicted octanol–water partition coefficient (Wildman–Crippen LogP) is 2.98. The molecule has 1 aliphatic rings. The van der Waals surface area contributed by atoms with E-state index >= 15 is 0 Å². The number of Topliss-reactive ketones (excluding diaryl/α,β-unsaturated/α-hetero) is 1. The third kappa shape index (κ3) is 1.16. The van der Waals surface area contributed by atoms with Gasteiger partial charge in [-0.3, -0.25) is 4.79 Å². The molecular formula is C14H12O2. The number of benzene rings is 2. The van der Waals surface area contributed by atoms with Gasteiger partial charge in [0.2, 0.25) is 0 Å². The number of rotatable bonds is 1. The van der Waals surface area contributed by atoms with Gasteiger partial charge < -0.3 is 4.74 Å². The number of hydrogen-bond acceptors (Lipinski definition) is 2. The Hall–Kier alpha value is -1.83. The molecule has 1 aliphatic carbocycles. The van der Waals surface area contributed by atoms with Crippen LogP contribution in [0.4, 0.5) is 0 Å². The van der Waals surface area contributed by atoms with Crippen LogP contribution in [-0.2, 0) is 6.42 Å². The second-order valence-electron chi connectivity index (χ2n) is 4.07. The summed E-state index contributed by atoms with van der Waals surface area (Å²) in [6.07, 6.45) is 1.49. The van der Waals surface area contributed by atoms with Crippen molar-refractivity contribution in [3.63, 3.8) is 0 Å². The van der Waals surface area contributed by atoms with Crippen molar-refractivity contribution < 1.29 is 9.53 Å². The Kier molecular flexibility index (Phi) is 1.96. The zero-order valence-electron chi connectivity index (χ0n) is 9.12. The molecule has 0 fully saturated rings. The Morgan fingerprint density at radius 3 is 2.62 bits per heavy atom. The molecule has 16 heavy (non-hydrogen) atoms. The van der Waals surface area contributed by atoms with Crippen LogP contribution < -0.4 is 4.74 Å². The number of ether oxygens (including phenoxy) is 1. The first-order valence-electron chi connectivity index (χ1n) is 5.43. The quantitative estimate of drug-likeness (QED) is 0.726. The van der Waals surface area contributed by atoms with E-state index in [0.717, 1.165) is 28.5 Å². The number of aryl methyl sites for hydroxylation is 1. The summed E-state index contributed by atoms with van der Waals surface area (Å²) in [7, 11) is 1.65. The van der Waals surface area contributed by atoms with Gasteiger partial charge in [-0.2, -0.15) is 0 Å². The van der Waals surface area contributed by atoms with Gasteiger partial charge in [0.25, 0.3) is 0 Å². The van der Waals surface area contributed by atoms with E-state index in [4.69, 9.17) is 4.74 Å². The molecule has 80 valence electrons. The summed E-state index contributed by atoms with van der Waals surface area (Å²) in [5.41, 5.74) is 2.02. The maximum absolute atomic E-state index is 11.7. The van der Waals surface area contributed by atoms with E-state index < -0.39 is 0 Å². The maximum atomic E-state index is 11.7. The van der Waals surface area contributed by atoms with Crippen LogP contribution in [0.3, 0.4) is 0 Å². The highest BCUT2D eigenvalue weighted by atomic mass is 16.5. The molecule has 0 bridgehead atoms. The zero-order valence-corrected chi connectivity index (χ0v) is 9.12. The van der Waals surface area contributed by atoms with Crippen molar-refractivity contribution in [2.24, 2.45) is 0 Å². The topological polar surface area (TPSA) is 26.3 Å². The van der Waals surface area contributed by atoms with Gasteiger partial charge in [0.1, 0.15) is 5.75 Å². The standard InChI is InChI=1S/C14H12O2/c1-16-14-8-12-10(6-7-13(12)15)9-4-2-3-5-11(9)14/h2-5,8H,6-7H2,1H3. The molecule has 0 aliphatic heterocycles. The lowest BCUT2D eigenvalue weighted by molar-refractivity contribution is 0.0994. The zero-order chi connectivity index (χ0) is 11.1. The summed E-state index contributed by atoms with van der Waals surface area (Å²) in [5, 5.41) is 2.25. The van der Waals surface area contributed by atoms with Crippen LogP contribution in [0.5, 0.6) is 5.75 Å². The van der Waals surface area contributed by atoms with Crippen molar-refractivity contribution in [1.82, 2.24) is 0 Å². The lowest BCUT2D eigenvalue weighted by atomic mass is 10.00. The molecule has 0 saturated heterocycles. The van der Waals surface area contributed by atoms with Crippen molar-refractivity contribution in [2.45, 2.75) is 12.8 Å². The first-order valence-corrected chi connectivity index (χ1v) is 5.43. The normalized spacial score (nSPS) is 14.2. The van der Waals surface area contributed by atoms with Gasteiger partial charge in [-0.25, -0.2) is 0 Å². The summed E-state index contributed by atoms with van der Waals surface area (Å²) in [4.78, 5) is 11.7. The van der Waals surface area contributed by atoms with Gasteiger partial charge in [0, 0.05) is 17.4 Å². The Balaban J connectivity index is 2.44.